The Morgan fingerprint density at radius 3 is 2.37 bits per heavy atom. The molecule has 0 unspecified atom stereocenters. The predicted molar refractivity (Wildman–Crippen MR) is 105 cm³/mol. The highest BCUT2D eigenvalue weighted by Gasteiger charge is 2.21. The Hall–Kier alpha value is -2.67. The molecule has 0 atom stereocenters. The van der Waals surface area contributed by atoms with Crippen molar-refractivity contribution in [1.82, 2.24) is 14.1 Å². The van der Waals surface area contributed by atoms with Gasteiger partial charge in [0.2, 0.25) is 5.78 Å². The minimum absolute atomic E-state index is 0.219. The molecule has 0 amide bonds. The lowest BCUT2D eigenvalue weighted by molar-refractivity contribution is 0.0473. The first-order valence-corrected chi connectivity index (χ1v) is 9.69. The van der Waals surface area contributed by atoms with E-state index in [2.05, 4.69) is 4.98 Å². The number of aromatic nitrogens is 3. The summed E-state index contributed by atoms with van der Waals surface area (Å²) < 4.78 is 9.29. The zero-order valence-corrected chi connectivity index (χ0v) is 17.0. The molecular formula is C20H23N3O3S. The van der Waals surface area contributed by atoms with Crippen LogP contribution < -0.4 is 0 Å². The molecule has 0 spiro atoms. The molecule has 3 aromatic heterocycles. The van der Waals surface area contributed by atoms with Gasteiger partial charge in [-0.2, -0.15) is 0 Å². The maximum absolute atomic E-state index is 12.6. The summed E-state index contributed by atoms with van der Waals surface area (Å²) >= 11 is 1.51. The van der Waals surface area contributed by atoms with Gasteiger partial charge < -0.3 is 9.30 Å². The van der Waals surface area contributed by atoms with E-state index in [-0.39, 0.29) is 12.4 Å². The lowest BCUT2D eigenvalue weighted by Crippen LogP contribution is -2.15. The van der Waals surface area contributed by atoms with Crippen molar-refractivity contribution in [2.75, 3.05) is 6.61 Å². The Labute approximate surface area is 162 Å². The molecule has 3 rings (SSSR count). The first-order chi connectivity index (χ1) is 12.8. The number of hydrogen-bond donors (Lipinski definition) is 0. The number of carbonyl (C=O) groups is 2. The highest BCUT2D eigenvalue weighted by molar-refractivity contribution is 7.12. The third-order valence-electron chi connectivity index (χ3n) is 4.79. The van der Waals surface area contributed by atoms with E-state index in [0.29, 0.717) is 11.1 Å². The molecule has 0 bridgehead atoms. The molecule has 3 heterocycles. The monoisotopic (exact) mass is 385 g/mol. The van der Waals surface area contributed by atoms with Crippen LogP contribution in [0.4, 0.5) is 0 Å². The SMILES string of the molecule is CCn1c(C)cc(C(=O)OCC(=O)c2cc(C)n(-c3nccs3)c2C)c1C. The van der Waals surface area contributed by atoms with Gasteiger partial charge in [0.1, 0.15) is 0 Å². The van der Waals surface area contributed by atoms with Gasteiger partial charge in [0.05, 0.1) is 5.56 Å². The highest BCUT2D eigenvalue weighted by atomic mass is 32.1. The van der Waals surface area contributed by atoms with Gasteiger partial charge in [-0.3, -0.25) is 9.36 Å². The summed E-state index contributed by atoms with van der Waals surface area (Å²) in [5.41, 5.74) is 4.64. The Bertz CT molecular complexity index is 997. The van der Waals surface area contributed by atoms with E-state index < -0.39 is 5.97 Å². The predicted octanol–water partition coefficient (Wildman–Crippen LogP) is 4.03. The number of rotatable bonds is 6. The standard InChI is InChI=1S/C20H23N3O3S/c1-6-22-12(2)9-17(14(22)4)19(25)26-11-18(24)16-10-13(3)23(15(16)5)20-21-7-8-27-20/h7-10H,6,11H2,1-5H3. The van der Waals surface area contributed by atoms with E-state index >= 15 is 0 Å². The minimum Gasteiger partial charge on any atom is -0.454 e. The van der Waals surface area contributed by atoms with Crippen molar-refractivity contribution in [2.24, 2.45) is 0 Å². The van der Waals surface area contributed by atoms with Crippen LogP contribution >= 0.6 is 11.3 Å². The molecule has 0 fully saturated rings. The summed E-state index contributed by atoms with van der Waals surface area (Å²) in [5.74, 6) is -0.687. The average molecular weight is 385 g/mol. The summed E-state index contributed by atoms with van der Waals surface area (Å²) in [5, 5.41) is 2.71. The van der Waals surface area contributed by atoms with Crippen LogP contribution in [-0.2, 0) is 11.3 Å². The van der Waals surface area contributed by atoms with Gasteiger partial charge in [0, 0.05) is 46.5 Å². The lowest BCUT2D eigenvalue weighted by atomic mass is 10.1. The van der Waals surface area contributed by atoms with Crippen molar-refractivity contribution in [3.63, 3.8) is 0 Å². The third-order valence-corrected chi connectivity index (χ3v) is 5.54. The van der Waals surface area contributed by atoms with E-state index in [0.717, 1.165) is 34.5 Å². The molecule has 0 aliphatic rings. The Morgan fingerprint density at radius 2 is 1.78 bits per heavy atom. The smallest absolute Gasteiger partial charge is 0.340 e. The second-order valence-electron chi connectivity index (χ2n) is 6.46. The molecule has 7 heteroatoms. The zero-order chi connectivity index (χ0) is 19.7. The van der Waals surface area contributed by atoms with Gasteiger partial charge in [-0.25, -0.2) is 9.78 Å². The summed E-state index contributed by atoms with van der Waals surface area (Å²) in [6.45, 7) is 10.2. The van der Waals surface area contributed by atoms with Crippen LogP contribution in [0.5, 0.6) is 0 Å². The van der Waals surface area contributed by atoms with Crippen molar-refractivity contribution < 1.29 is 14.3 Å². The van der Waals surface area contributed by atoms with E-state index in [9.17, 15) is 9.59 Å². The van der Waals surface area contributed by atoms with Gasteiger partial charge in [-0.1, -0.05) is 0 Å². The Balaban J connectivity index is 1.75. The van der Waals surface area contributed by atoms with Crippen LogP contribution in [0.25, 0.3) is 5.13 Å². The number of esters is 1. The van der Waals surface area contributed by atoms with E-state index in [1.807, 2.05) is 55.2 Å². The van der Waals surface area contributed by atoms with Crippen LogP contribution in [0.2, 0.25) is 0 Å². The number of Topliss-reactive ketones (excluding diaryl/α,β-unsaturated/α-hetero) is 1. The normalized spacial score (nSPS) is 11.0. The maximum Gasteiger partial charge on any atom is 0.340 e. The largest absolute Gasteiger partial charge is 0.454 e. The summed E-state index contributed by atoms with van der Waals surface area (Å²) in [6, 6.07) is 3.62. The number of nitrogens with zero attached hydrogens (tertiary/aromatic N) is 3. The van der Waals surface area contributed by atoms with E-state index in [1.165, 1.54) is 11.3 Å². The fourth-order valence-electron chi connectivity index (χ4n) is 3.45. The number of thiazole rings is 1. The molecule has 3 aromatic rings. The maximum atomic E-state index is 12.6. The molecule has 0 N–H and O–H groups in total. The van der Waals surface area contributed by atoms with Gasteiger partial charge in [0.25, 0.3) is 0 Å². The molecule has 6 nitrogen and oxygen atoms in total. The fourth-order valence-corrected chi connectivity index (χ4v) is 4.20. The van der Waals surface area contributed by atoms with Gasteiger partial charge in [0.15, 0.2) is 11.7 Å². The molecule has 27 heavy (non-hydrogen) atoms. The molecular weight excluding hydrogens is 362 g/mol. The molecule has 142 valence electrons. The van der Waals surface area contributed by atoms with E-state index in [4.69, 9.17) is 4.74 Å². The van der Waals surface area contributed by atoms with Crippen LogP contribution in [0.1, 0.15) is 50.4 Å². The highest BCUT2D eigenvalue weighted by Crippen LogP contribution is 2.23. The molecule has 0 aromatic carbocycles. The molecule has 0 radical (unpaired) electrons. The number of aryl methyl sites for hydroxylation is 2. The van der Waals surface area contributed by atoms with Crippen LogP contribution in [0.3, 0.4) is 0 Å². The Kier molecular flexibility index (Phi) is 5.32. The van der Waals surface area contributed by atoms with E-state index in [1.54, 1.807) is 12.3 Å². The fraction of sp³-hybridized carbons (Fsp3) is 0.350. The number of ether oxygens (including phenoxy) is 1. The van der Waals surface area contributed by atoms with Crippen molar-refractivity contribution in [3.05, 3.63) is 57.6 Å². The topological polar surface area (TPSA) is 66.1 Å². The summed E-state index contributed by atoms with van der Waals surface area (Å²) in [7, 11) is 0. The van der Waals surface area contributed by atoms with Crippen LogP contribution in [0.15, 0.2) is 23.7 Å². The number of hydrogen-bond acceptors (Lipinski definition) is 5. The van der Waals surface area contributed by atoms with Crippen molar-refractivity contribution >= 4 is 23.1 Å². The summed E-state index contributed by atoms with van der Waals surface area (Å²) in [4.78, 5) is 29.4. The van der Waals surface area contributed by atoms with Crippen molar-refractivity contribution in [2.45, 2.75) is 41.2 Å². The quantitative estimate of drug-likeness (QED) is 0.475. The summed E-state index contributed by atoms with van der Waals surface area (Å²) in [6.07, 6.45) is 1.73. The molecule has 0 saturated carbocycles. The first-order valence-electron chi connectivity index (χ1n) is 8.81. The molecule has 0 aliphatic heterocycles. The Morgan fingerprint density at radius 1 is 1.07 bits per heavy atom. The van der Waals surface area contributed by atoms with Crippen molar-refractivity contribution in [3.8, 4) is 5.13 Å². The number of carbonyl (C=O) groups excluding carboxylic acids is 2. The molecule has 0 saturated heterocycles. The lowest BCUT2D eigenvalue weighted by Gasteiger charge is -2.07. The zero-order valence-electron chi connectivity index (χ0n) is 16.2. The first kappa shape index (κ1) is 19.1. The average Bonchev–Trinajstić information content (AvgIpc) is 3.31. The number of ketones is 1. The third kappa shape index (κ3) is 3.47. The van der Waals surface area contributed by atoms with Gasteiger partial charge in [-0.05, 0) is 46.8 Å². The van der Waals surface area contributed by atoms with Crippen LogP contribution in [-0.4, -0.2) is 32.5 Å². The minimum atomic E-state index is -0.468. The second kappa shape index (κ2) is 7.52. The molecule has 0 aliphatic carbocycles. The van der Waals surface area contributed by atoms with Crippen LogP contribution in [0, 0.1) is 27.7 Å². The second-order valence-corrected chi connectivity index (χ2v) is 7.34. The van der Waals surface area contributed by atoms with Gasteiger partial charge >= 0.3 is 5.97 Å². The van der Waals surface area contributed by atoms with Crippen molar-refractivity contribution in [1.29, 1.82) is 0 Å². The van der Waals surface area contributed by atoms with Gasteiger partial charge in [-0.15, -0.1) is 11.3 Å².